The summed E-state index contributed by atoms with van der Waals surface area (Å²) in [5.41, 5.74) is -3.16. The lowest BCUT2D eigenvalue weighted by molar-refractivity contribution is -0.0868. The maximum absolute atomic E-state index is 13.7. The lowest BCUT2D eigenvalue weighted by Gasteiger charge is -2.18. The van der Waals surface area contributed by atoms with Crippen molar-refractivity contribution < 1.29 is 13.2 Å². The van der Waals surface area contributed by atoms with E-state index in [0.717, 1.165) is 49.5 Å². The molecule has 4 heteroatoms. The standard InChI is InChI=1S/C17H20F3S/c1-2-12-8-9-14-11-16(13-6-4-3-5-7-13)21(15(14)10-12)17(18,19)20/h8-11,13H,2-7H2,1H3/q+1. The van der Waals surface area contributed by atoms with Crippen LogP contribution in [0.1, 0.15) is 55.4 Å². The summed E-state index contributed by atoms with van der Waals surface area (Å²) in [6.07, 6.45) is 5.90. The van der Waals surface area contributed by atoms with Gasteiger partial charge < -0.3 is 0 Å². The second kappa shape index (κ2) is 5.64. The zero-order valence-electron chi connectivity index (χ0n) is 12.2. The molecule has 2 aromatic rings. The number of rotatable bonds is 2. The van der Waals surface area contributed by atoms with E-state index in [4.69, 9.17) is 0 Å². The highest BCUT2D eigenvalue weighted by atomic mass is 32.2. The number of alkyl halides is 3. The van der Waals surface area contributed by atoms with E-state index in [1.165, 1.54) is 0 Å². The minimum absolute atomic E-state index is 0.126. The van der Waals surface area contributed by atoms with Crippen molar-refractivity contribution in [2.75, 3.05) is 0 Å². The largest absolute Gasteiger partial charge is 0.600 e. The van der Waals surface area contributed by atoms with Gasteiger partial charge in [0.05, 0.1) is 10.5 Å². The van der Waals surface area contributed by atoms with Crippen molar-refractivity contribution in [2.45, 2.75) is 56.9 Å². The molecule has 1 aliphatic rings. The van der Waals surface area contributed by atoms with Gasteiger partial charge in [-0.25, -0.2) is 0 Å². The van der Waals surface area contributed by atoms with Crippen LogP contribution in [0.15, 0.2) is 24.3 Å². The molecular weight excluding hydrogens is 293 g/mol. The van der Waals surface area contributed by atoms with Gasteiger partial charge in [-0.15, -0.1) is 13.2 Å². The predicted molar refractivity (Wildman–Crippen MR) is 82.9 cm³/mol. The van der Waals surface area contributed by atoms with E-state index in [1.54, 1.807) is 6.07 Å². The Morgan fingerprint density at radius 1 is 1.10 bits per heavy atom. The van der Waals surface area contributed by atoms with E-state index in [2.05, 4.69) is 0 Å². The molecule has 0 radical (unpaired) electrons. The van der Waals surface area contributed by atoms with E-state index in [9.17, 15) is 13.2 Å². The fourth-order valence-corrected chi connectivity index (χ4v) is 5.58. The van der Waals surface area contributed by atoms with Crippen molar-refractivity contribution in [1.29, 1.82) is 0 Å². The average Bonchev–Trinajstić information content (AvgIpc) is 2.86. The Morgan fingerprint density at radius 2 is 1.81 bits per heavy atom. The fourth-order valence-electron chi connectivity index (χ4n) is 3.36. The molecule has 21 heavy (non-hydrogen) atoms. The Hall–Kier alpha value is -1.03. The van der Waals surface area contributed by atoms with E-state index < -0.39 is 16.0 Å². The normalized spacial score (nSPS) is 18.4. The van der Waals surface area contributed by atoms with E-state index >= 15 is 0 Å². The number of aryl methyl sites for hydroxylation is 1. The molecule has 1 heterocycles. The molecule has 1 saturated carbocycles. The van der Waals surface area contributed by atoms with Gasteiger partial charge in [0.2, 0.25) is 0 Å². The third-order valence-corrected chi connectivity index (χ3v) is 6.66. The minimum Gasteiger partial charge on any atom is -0.118 e. The number of hydrogen-bond donors (Lipinski definition) is 0. The zero-order valence-corrected chi connectivity index (χ0v) is 13.0. The van der Waals surface area contributed by atoms with E-state index in [0.29, 0.717) is 9.58 Å². The van der Waals surface area contributed by atoms with Gasteiger partial charge in [0.1, 0.15) is 0 Å². The first-order valence-electron chi connectivity index (χ1n) is 7.66. The van der Waals surface area contributed by atoms with E-state index in [1.807, 2.05) is 25.1 Å². The number of hydrogen-bond acceptors (Lipinski definition) is 0. The predicted octanol–water partition coefficient (Wildman–Crippen LogP) is 6.68. The van der Waals surface area contributed by atoms with Gasteiger partial charge in [0.15, 0.2) is 9.58 Å². The van der Waals surface area contributed by atoms with Gasteiger partial charge in [0.25, 0.3) is 0 Å². The van der Waals surface area contributed by atoms with Crippen LogP contribution < -0.4 is 0 Å². The van der Waals surface area contributed by atoms with Gasteiger partial charge in [-0.3, -0.25) is 0 Å². The third-order valence-electron chi connectivity index (χ3n) is 4.48. The first kappa shape index (κ1) is 14.9. The molecule has 1 atom stereocenters. The van der Waals surface area contributed by atoms with E-state index in [-0.39, 0.29) is 5.92 Å². The van der Waals surface area contributed by atoms with Crippen LogP contribution in [-0.2, 0) is 11.9 Å². The summed E-state index contributed by atoms with van der Waals surface area (Å²) in [6, 6.07) is 7.44. The smallest absolute Gasteiger partial charge is 0.118 e. The molecule has 0 aliphatic heterocycles. The zero-order chi connectivity index (χ0) is 15.0. The molecular formula is C17H20F3S+. The summed E-state index contributed by atoms with van der Waals surface area (Å²) in [5, 5.41) is 0.786. The Bertz CT molecular complexity index is 633. The van der Waals surface area contributed by atoms with Crippen molar-refractivity contribution in [3.05, 3.63) is 34.7 Å². The Kier molecular flexibility index (Phi) is 4.00. The lowest BCUT2D eigenvalue weighted by atomic mass is 9.88. The van der Waals surface area contributed by atoms with Gasteiger partial charge in [0, 0.05) is 23.4 Å². The molecule has 1 aliphatic carbocycles. The quantitative estimate of drug-likeness (QED) is 0.543. The van der Waals surface area contributed by atoms with Crippen LogP contribution in [0, 0.1) is 0 Å². The number of halogens is 3. The molecule has 1 aromatic heterocycles. The van der Waals surface area contributed by atoms with Crippen LogP contribution in [0.4, 0.5) is 13.2 Å². The summed E-state index contributed by atoms with van der Waals surface area (Å²) in [5.74, 6) is 0.126. The van der Waals surface area contributed by atoms with Gasteiger partial charge in [-0.1, -0.05) is 32.3 Å². The lowest BCUT2D eigenvalue weighted by Crippen LogP contribution is -2.06. The highest BCUT2D eigenvalue weighted by molar-refractivity contribution is 7.38. The molecule has 1 unspecified atom stereocenters. The molecule has 0 saturated heterocycles. The fraction of sp³-hybridized carbons (Fsp3) is 0.529. The summed E-state index contributed by atoms with van der Waals surface area (Å²) in [7, 11) is -1.71. The van der Waals surface area contributed by atoms with Crippen LogP contribution in [0.25, 0.3) is 10.1 Å². The molecule has 1 fully saturated rings. The monoisotopic (exact) mass is 313 g/mol. The van der Waals surface area contributed by atoms with Crippen molar-refractivity contribution in [3.63, 3.8) is 0 Å². The summed E-state index contributed by atoms with van der Waals surface area (Å²) in [4.78, 5) is 0.644. The third kappa shape index (κ3) is 2.83. The van der Waals surface area contributed by atoms with Crippen LogP contribution in [0.2, 0.25) is 0 Å². The second-order valence-corrected chi connectivity index (χ2v) is 7.85. The highest BCUT2D eigenvalue weighted by Gasteiger charge is 2.49. The molecule has 0 bridgehead atoms. The summed E-state index contributed by atoms with van der Waals surface area (Å²) in [6.45, 7) is 1.98. The SMILES string of the molecule is CCc1ccc2cc(C3CCCCC3)[s+](C(F)(F)F)c2c1. The van der Waals surface area contributed by atoms with Crippen LogP contribution in [-0.4, -0.2) is 0 Å². The Morgan fingerprint density at radius 3 is 2.43 bits per heavy atom. The first-order valence-corrected chi connectivity index (χ1v) is 8.89. The van der Waals surface area contributed by atoms with Crippen molar-refractivity contribution >= 4 is 20.6 Å². The molecule has 3 rings (SSSR count). The number of benzene rings is 1. The van der Waals surface area contributed by atoms with Gasteiger partial charge >= 0.3 is 5.51 Å². The number of thiophene rings is 1. The Labute approximate surface area is 125 Å². The van der Waals surface area contributed by atoms with Gasteiger partial charge in [-0.05, 0) is 30.9 Å². The van der Waals surface area contributed by atoms with Crippen LogP contribution in [0.5, 0.6) is 0 Å². The average molecular weight is 313 g/mol. The van der Waals surface area contributed by atoms with Crippen molar-refractivity contribution in [3.8, 4) is 0 Å². The topological polar surface area (TPSA) is 0 Å². The van der Waals surface area contributed by atoms with Crippen LogP contribution >= 0.6 is 10.5 Å². The number of fused-ring (bicyclic) bond motifs is 1. The molecule has 0 spiro atoms. The summed E-state index contributed by atoms with van der Waals surface area (Å²) < 4.78 is 41.5. The van der Waals surface area contributed by atoms with Crippen molar-refractivity contribution in [1.82, 2.24) is 0 Å². The maximum Gasteiger partial charge on any atom is 0.600 e. The molecule has 0 nitrogen and oxygen atoms in total. The highest BCUT2D eigenvalue weighted by Crippen LogP contribution is 2.55. The maximum atomic E-state index is 13.7. The second-order valence-electron chi connectivity index (χ2n) is 5.86. The molecule has 0 N–H and O–H groups in total. The molecule has 114 valence electrons. The first-order chi connectivity index (χ1) is 10.0. The van der Waals surface area contributed by atoms with Crippen molar-refractivity contribution in [2.24, 2.45) is 0 Å². The van der Waals surface area contributed by atoms with Gasteiger partial charge in [-0.2, -0.15) is 0 Å². The van der Waals surface area contributed by atoms with Crippen LogP contribution in [0.3, 0.4) is 0 Å². The summed E-state index contributed by atoms with van der Waals surface area (Å²) >= 11 is 0. The minimum atomic E-state index is -4.15. The molecule has 1 aromatic carbocycles. The molecule has 0 amide bonds. The Balaban J connectivity index is 2.18.